The first kappa shape index (κ1) is 14.8. The molecule has 0 unspecified atom stereocenters. The third-order valence-electron chi connectivity index (χ3n) is 2.71. The lowest BCUT2D eigenvalue weighted by Gasteiger charge is -2.19. The molecule has 0 aromatic heterocycles. The van der Waals surface area contributed by atoms with Gasteiger partial charge < -0.3 is 14.7 Å². The van der Waals surface area contributed by atoms with Crippen LogP contribution in [-0.4, -0.2) is 31.1 Å². The Kier molecular flexibility index (Phi) is 5.11. The van der Waals surface area contributed by atoms with Crippen molar-refractivity contribution in [1.82, 2.24) is 0 Å². The molecule has 0 atom stereocenters. The van der Waals surface area contributed by atoms with E-state index in [0.717, 1.165) is 24.1 Å². The summed E-state index contributed by atoms with van der Waals surface area (Å²) >= 11 is 0. The minimum atomic E-state index is -1.16. The molecule has 5 heteroatoms. The van der Waals surface area contributed by atoms with Gasteiger partial charge in [0.1, 0.15) is 5.75 Å². The fraction of sp³-hybridized carbons (Fsp3) is 0.286. The second kappa shape index (κ2) is 6.58. The van der Waals surface area contributed by atoms with E-state index in [1.54, 1.807) is 13.1 Å². The Morgan fingerprint density at radius 1 is 1.37 bits per heavy atom. The second-order valence-electron chi connectivity index (χ2n) is 3.93. The van der Waals surface area contributed by atoms with Crippen molar-refractivity contribution < 1.29 is 19.4 Å². The van der Waals surface area contributed by atoms with E-state index in [1.165, 1.54) is 12.0 Å². The molecule has 102 valence electrons. The molecule has 0 aliphatic heterocycles. The van der Waals surface area contributed by atoms with Gasteiger partial charge in [-0.1, -0.05) is 13.0 Å². The fourth-order valence-corrected chi connectivity index (χ4v) is 1.59. The van der Waals surface area contributed by atoms with Gasteiger partial charge in [0, 0.05) is 19.2 Å². The minimum Gasteiger partial charge on any atom is -0.495 e. The number of carbonyl (C=O) groups excluding carboxylic acids is 1. The van der Waals surface area contributed by atoms with Crippen molar-refractivity contribution in [2.45, 2.75) is 13.3 Å². The minimum absolute atomic E-state index is 0.422. The maximum atomic E-state index is 11.8. The van der Waals surface area contributed by atoms with Gasteiger partial charge in [-0.3, -0.25) is 4.79 Å². The molecular weight excluding hydrogens is 246 g/mol. The number of aliphatic carboxylic acids is 1. The lowest BCUT2D eigenvalue weighted by atomic mass is 10.1. The number of hydrogen-bond acceptors (Lipinski definition) is 3. The van der Waals surface area contributed by atoms with Gasteiger partial charge in [0.2, 0.25) is 0 Å². The molecule has 1 aromatic rings. The summed E-state index contributed by atoms with van der Waals surface area (Å²) in [6.45, 7) is 2.01. The number of amides is 1. The SMILES string of the molecule is CCc1ccc(OC)c(N(C)C(=O)/C=C/C(=O)O)c1. The summed E-state index contributed by atoms with van der Waals surface area (Å²) in [7, 11) is 3.10. The summed E-state index contributed by atoms with van der Waals surface area (Å²) < 4.78 is 5.21. The molecular formula is C14H17NO4. The predicted molar refractivity (Wildman–Crippen MR) is 72.6 cm³/mol. The van der Waals surface area contributed by atoms with Gasteiger partial charge in [-0.2, -0.15) is 0 Å². The highest BCUT2D eigenvalue weighted by atomic mass is 16.5. The number of nitrogens with zero attached hydrogens (tertiary/aromatic N) is 1. The van der Waals surface area contributed by atoms with Crippen molar-refractivity contribution in [1.29, 1.82) is 0 Å². The van der Waals surface area contributed by atoms with Gasteiger partial charge in [-0.15, -0.1) is 0 Å². The number of rotatable bonds is 5. The molecule has 0 saturated heterocycles. The van der Waals surface area contributed by atoms with E-state index < -0.39 is 11.9 Å². The third-order valence-corrected chi connectivity index (χ3v) is 2.71. The maximum absolute atomic E-state index is 11.8. The number of carboxylic acid groups (broad SMARTS) is 1. The van der Waals surface area contributed by atoms with E-state index in [-0.39, 0.29) is 0 Å². The smallest absolute Gasteiger partial charge is 0.328 e. The first-order valence-electron chi connectivity index (χ1n) is 5.85. The van der Waals surface area contributed by atoms with E-state index in [2.05, 4.69) is 0 Å². The van der Waals surface area contributed by atoms with Crippen LogP contribution in [0.2, 0.25) is 0 Å². The van der Waals surface area contributed by atoms with E-state index in [9.17, 15) is 9.59 Å². The van der Waals surface area contributed by atoms with Crippen LogP contribution in [0.3, 0.4) is 0 Å². The Balaban J connectivity index is 3.06. The van der Waals surface area contributed by atoms with E-state index in [1.807, 2.05) is 19.1 Å². The van der Waals surface area contributed by atoms with Gasteiger partial charge in [-0.25, -0.2) is 4.79 Å². The van der Waals surface area contributed by atoms with Crippen LogP contribution in [0.5, 0.6) is 5.75 Å². The number of carbonyl (C=O) groups is 2. The zero-order chi connectivity index (χ0) is 14.4. The Labute approximate surface area is 112 Å². The van der Waals surface area contributed by atoms with Gasteiger partial charge in [0.25, 0.3) is 5.91 Å². The number of ether oxygens (including phenoxy) is 1. The highest BCUT2D eigenvalue weighted by molar-refractivity contribution is 6.04. The van der Waals surface area contributed by atoms with Crippen LogP contribution in [-0.2, 0) is 16.0 Å². The van der Waals surface area contributed by atoms with Crippen LogP contribution < -0.4 is 9.64 Å². The van der Waals surface area contributed by atoms with E-state index >= 15 is 0 Å². The van der Waals surface area contributed by atoms with Crippen molar-refractivity contribution in [2.24, 2.45) is 0 Å². The zero-order valence-corrected chi connectivity index (χ0v) is 11.2. The van der Waals surface area contributed by atoms with Crippen LogP contribution in [0.4, 0.5) is 5.69 Å². The summed E-state index contributed by atoms with van der Waals surface area (Å²) in [5.74, 6) is -1.01. The Morgan fingerprint density at radius 2 is 2.05 bits per heavy atom. The molecule has 1 aromatic carbocycles. The zero-order valence-electron chi connectivity index (χ0n) is 11.2. The van der Waals surface area contributed by atoms with E-state index in [0.29, 0.717) is 11.4 Å². The second-order valence-corrected chi connectivity index (χ2v) is 3.93. The largest absolute Gasteiger partial charge is 0.495 e. The van der Waals surface area contributed by atoms with Crippen LogP contribution in [0.15, 0.2) is 30.4 Å². The molecule has 0 aliphatic rings. The average Bonchev–Trinajstić information content (AvgIpc) is 2.42. The summed E-state index contributed by atoms with van der Waals surface area (Å²) in [6, 6.07) is 5.57. The average molecular weight is 263 g/mol. The molecule has 0 bridgehead atoms. The third kappa shape index (κ3) is 3.84. The number of benzene rings is 1. The number of methoxy groups -OCH3 is 1. The lowest BCUT2D eigenvalue weighted by molar-refractivity contribution is -0.131. The van der Waals surface area contributed by atoms with Gasteiger partial charge >= 0.3 is 5.97 Å². The molecule has 1 amide bonds. The first-order chi connectivity index (χ1) is 8.99. The van der Waals surface area contributed by atoms with Crippen molar-refractivity contribution in [2.75, 3.05) is 19.1 Å². The number of hydrogen-bond donors (Lipinski definition) is 1. The number of likely N-dealkylation sites (N-methyl/N-ethyl adjacent to an activating group) is 1. The molecule has 1 N–H and O–H groups in total. The van der Waals surface area contributed by atoms with Crippen molar-refractivity contribution in [3.63, 3.8) is 0 Å². The van der Waals surface area contributed by atoms with Crippen LogP contribution in [0.1, 0.15) is 12.5 Å². The fourth-order valence-electron chi connectivity index (χ4n) is 1.59. The normalized spacial score (nSPS) is 10.5. The first-order valence-corrected chi connectivity index (χ1v) is 5.85. The molecule has 0 radical (unpaired) electrons. The summed E-state index contributed by atoms with van der Waals surface area (Å²) in [6.07, 6.45) is 2.67. The molecule has 19 heavy (non-hydrogen) atoms. The number of anilines is 1. The topological polar surface area (TPSA) is 66.8 Å². The molecule has 0 fully saturated rings. The molecule has 0 spiro atoms. The van der Waals surface area contributed by atoms with Crippen molar-refractivity contribution in [3.05, 3.63) is 35.9 Å². The maximum Gasteiger partial charge on any atom is 0.328 e. The van der Waals surface area contributed by atoms with Crippen LogP contribution >= 0.6 is 0 Å². The lowest BCUT2D eigenvalue weighted by Crippen LogP contribution is -2.25. The monoisotopic (exact) mass is 263 g/mol. The van der Waals surface area contributed by atoms with E-state index in [4.69, 9.17) is 9.84 Å². The molecule has 0 aliphatic carbocycles. The summed E-state index contributed by atoms with van der Waals surface area (Å²) in [4.78, 5) is 23.6. The van der Waals surface area contributed by atoms with Gasteiger partial charge in [0.05, 0.1) is 12.8 Å². The number of carboxylic acids is 1. The predicted octanol–water partition coefficient (Wildman–Crippen LogP) is 1.86. The molecule has 5 nitrogen and oxygen atoms in total. The highest BCUT2D eigenvalue weighted by Gasteiger charge is 2.13. The van der Waals surface area contributed by atoms with Crippen LogP contribution in [0.25, 0.3) is 0 Å². The highest BCUT2D eigenvalue weighted by Crippen LogP contribution is 2.29. The summed E-state index contributed by atoms with van der Waals surface area (Å²) in [5.41, 5.74) is 1.68. The van der Waals surface area contributed by atoms with Gasteiger partial charge in [-0.05, 0) is 24.1 Å². The molecule has 0 saturated carbocycles. The van der Waals surface area contributed by atoms with Crippen molar-refractivity contribution >= 4 is 17.6 Å². The van der Waals surface area contributed by atoms with Crippen molar-refractivity contribution in [3.8, 4) is 5.75 Å². The summed E-state index contributed by atoms with van der Waals surface area (Å²) in [5, 5.41) is 8.52. The number of aryl methyl sites for hydroxylation is 1. The standard InChI is InChI=1S/C14H17NO4/c1-4-10-5-6-12(19-3)11(9-10)15(2)13(16)7-8-14(17)18/h5-9H,4H2,1-3H3,(H,17,18)/b8-7+. The Bertz CT molecular complexity index is 508. The van der Waals surface area contributed by atoms with Gasteiger partial charge in [0.15, 0.2) is 0 Å². The quantitative estimate of drug-likeness (QED) is 0.823. The Morgan fingerprint density at radius 3 is 2.58 bits per heavy atom. The molecule has 0 heterocycles. The van der Waals surface area contributed by atoms with Crippen LogP contribution in [0, 0.1) is 0 Å². The Hall–Kier alpha value is -2.30. The molecule has 1 rings (SSSR count).